The Hall–Kier alpha value is -5.86. The lowest BCUT2D eigenvalue weighted by Crippen LogP contribution is -2.07. The molecule has 0 saturated heterocycles. The Labute approximate surface area is 926 Å². The molecule has 16 heteroatoms. The van der Waals surface area contributed by atoms with E-state index in [1.165, 1.54) is 464 Å². The summed E-state index contributed by atoms with van der Waals surface area (Å²) in [5.41, 5.74) is 11.6. The van der Waals surface area contributed by atoms with Gasteiger partial charge < -0.3 is 9.47 Å². The van der Waals surface area contributed by atoms with E-state index in [4.69, 9.17) is 9.47 Å². The van der Waals surface area contributed by atoms with Crippen LogP contribution in [-0.2, 0) is 70.4 Å². The van der Waals surface area contributed by atoms with E-state index >= 15 is 0 Å². The van der Waals surface area contributed by atoms with Crippen LogP contribution in [0.15, 0.2) is 83.9 Å². The number of carbonyl (C=O) groups is 2. The molecule has 0 aliphatic heterocycles. The molecule has 11 aromatic rings. The molecule has 0 aliphatic rings. The summed E-state index contributed by atoms with van der Waals surface area (Å²) in [4.78, 5) is 52.0. The van der Waals surface area contributed by atoms with Crippen LogP contribution in [0.25, 0.3) is 112 Å². The molecule has 0 spiro atoms. The van der Waals surface area contributed by atoms with Gasteiger partial charge in [-0.3, -0.25) is 0 Å². The minimum atomic E-state index is -0.507. The first-order valence-corrected chi connectivity index (χ1v) is 67.6. The Morgan fingerprint density at radius 2 is 0.445 bits per heavy atom. The number of nitriles is 2. The van der Waals surface area contributed by atoms with Gasteiger partial charge in [0, 0.05) is 119 Å². The van der Waals surface area contributed by atoms with E-state index in [2.05, 4.69) is 222 Å². The van der Waals surface area contributed by atoms with E-state index < -0.39 is 11.9 Å². The minimum Gasteiger partial charge on any atom is -0.462 e. The molecule has 10 aromatic heterocycles. The first-order chi connectivity index (χ1) is 71.8. The minimum absolute atomic E-state index is 0.0888. The molecule has 146 heavy (non-hydrogen) atoms. The van der Waals surface area contributed by atoms with Crippen molar-refractivity contribution in [2.45, 2.75) is 506 Å². The van der Waals surface area contributed by atoms with Gasteiger partial charge in [-0.25, -0.2) is 9.59 Å². The molecule has 6 nitrogen and oxygen atoms in total. The number of esters is 2. The van der Waals surface area contributed by atoms with Gasteiger partial charge >= 0.3 is 11.9 Å². The molecule has 0 N–H and O–H groups in total. The summed E-state index contributed by atoms with van der Waals surface area (Å²) >= 11 is 20.1. The number of unbranched alkanes of at least 4 members (excludes halogenated alkanes) is 50. The first-order valence-electron chi connectivity index (χ1n) is 59.4. The highest BCUT2D eigenvalue weighted by Crippen LogP contribution is 2.59. The van der Waals surface area contributed by atoms with Crippen molar-refractivity contribution in [3.63, 3.8) is 0 Å². The SMILES string of the molecule is CCCCCCCCOC(=O)/C(C#N)=C/c1cc(CCCCCCCC)c(-c2cc(CCCCCCCC)c(-c3cc(CCCCCCCC)c(-c4cc5c(-c6ccc(CCCCCCCC)s6)c6sc(-c7sc(-c8sc(-c9sc(/C=C(\C#N)C(=O)OCCCCCCCC)cc9CCCCCCCC)cc8CCCCCCCC)cc7CCCCCCCC)cc6c(-c6ccc(CCCCCCCC)s6)c5s4)s3)s2)s1. The number of nitrogens with zero attached hydrogens (tertiary/aromatic N) is 2. The predicted octanol–water partition coefficient (Wildman–Crippen LogP) is 46.8. The second-order valence-corrected chi connectivity index (χ2v) is 53.0. The molecule has 0 fully saturated rings. The number of fused-ring (bicyclic) bond motifs is 2. The number of benzene rings is 1. The number of hydrogen-bond acceptors (Lipinski definition) is 16. The Kier molecular flexibility index (Phi) is 58.1. The summed E-state index contributed by atoms with van der Waals surface area (Å²) in [7, 11) is 0. The van der Waals surface area contributed by atoms with Crippen molar-refractivity contribution in [3.05, 3.63) is 137 Å². The standard InChI is InChI=1S/C130H184N2O4S10/c1-11-21-31-41-51-61-71-97-85-107(87-103(95-131)129(133)135-83-69-59-49-39-29-19-9)139-121(97)113-89-99(73-63-53-43-33-23-13-3)123(141-113)115-91-101(75-65-55-45-35-25-15-5)125(143-115)117-93-109-119(111-81-79-105(137-111)77-67-57-47-37-27-17-7)128-110(120(127(109)145-117)112-82-80-106(138-112)78-68-58-48-38-28-18-8)94-118(146-128)126-102(76-66-56-46-36-26-16-6)92-116(144-126)124-100(74-64-54-44-34-24-14-4)90-114(142-124)122-98(72-62-52-42-32-22-12-2)86-108(140-122)88-104(96-132)130(134)136-84-70-60-50-40-30-20-10/h79-82,85-94H,11-78,83-84H2,1-10H3/b103-87+,104-88+. The zero-order valence-electron chi connectivity index (χ0n) is 92.2. The van der Waals surface area contributed by atoms with Gasteiger partial charge in [-0.15, -0.1) is 113 Å². The fraction of sp³-hybridized carbons (Fsp3) is 0.615. The number of thiophene rings is 10. The van der Waals surface area contributed by atoms with Crippen molar-refractivity contribution in [3.8, 4) is 91.5 Å². The van der Waals surface area contributed by atoms with Gasteiger partial charge in [-0.2, -0.15) is 10.5 Å². The fourth-order valence-corrected chi connectivity index (χ4v) is 33.7. The molecule has 11 rings (SSSR count). The van der Waals surface area contributed by atoms with Crippen LogP contribution >= 0.6 is 113 Å². The maximum absolute atomic E-state index is 13.8. The van der Waals surface area contributed by atoms with Crippen molar-refractivity contribution >= 4 is 158 Å². The molecule has 0 saturated carbocycles. The Bertz CT molecular complexity index is 5300. The second-order valence-electron chi connectivity index (χ2n) is 42.1. The van der Waals surface area contributed by atoms with Crippen LogP contribution in [-0.4, -0.2) is 25.2 Å². The summed E-state index contributed by atoms with van der Waals surface area (Å²) in [6.45, 7) is 23.8. The Morgan fingerprint density at radius 3 is 0.692 bits per heavy atom. The van der Waals surface area contributed by atoms with Crippen LogP contribution in [0.4, 0.5) is 0 Å². The van der Waals surface area contributed by atoms with Crippen molar-refractivity contribution in [2.75, 3.05) is 13.2 Å². The lowest BCUT2D eigenvalue weighted by Gasteiger charge is -2.09. The van der Waals surface area contributed by atoms with E-state index in [0.717, 1.165) is 125 Å². The van der Waals surface area contributed by atoms with E-state index in [-0.39, 0.29) is 11.1 Å². The van der Waals surface area contributed by atoms with Gasteiger partial charge in [-0.05, 0) is 234 Å². The molecule has 0 unspecified atom stereocenters. The second kappa shape index (κ2) is 70.4. The van der Waals surface area contributed by atoms with Crippen molar-refractivity contribution < 1.29 is 19.1 Å². The molecule has 0 bridgehead atoms. The maximum Gasteiger partial charge on any atom is 0.348 e. The topological polar surface area (TPSA) is 100 Å². The third kappa shape index (κ3) is 39.0. The van der Waals surface area contributed by atoms with Crippen LogP contribution < -0.4 is 0 Å². The van der Waals surface area contributed by atoms with Crippen LogP contribution in [0.1, 0.15) is 507 Å². The molecule has 10 heterocycles. The lowest BCUT2D eigenvalue weighted by atomic mass is 9.98. The van der Waals surface area contributed by atoms with Gasteiger partial charge in [0.15, 0.2) is 0 Å². The zero-order chi connectivity index (χ0) is 103. The predicted molar refractivity (Wildman–Crippen MR) is 656 cm³/mol. The molecule has 0 amide bonds. The van der Waals surface area contributed by atoms with E-state index in [9.17, 15) is 20.1 Å². The number of carbonyl (C=O) groups excluding carboxylic acids is 2. The van der Waals surface area contributed by atoms with Crippen molar-refractivity contribution in [1.29, 1.82) is 10.5 Å². The van der Waals surface area contributed by atoms with Crippen LogP contribution in [0.3, 0.4) is 0 Å². The summed E-state index contributed by atoms with van der Waals surface area (Å²) in [6, 6.07) is 35.4. The Balaban J connectivity index is 1.11. The summed E-state index contributed by atoms with van der Waals surface area (Å²) in [5.74, 6) is -1.01. The van der Waals surface area contributed by atoms with E-state index in [1.54, 1.807) is 22.7 Å². The quantitative estimate of drug-likeness (QED) is 0.0163. The van der Waals surface area contributed by atoms with Crippen molar-refractivity contribution in [2.24, 2.45) is 0 Å². The average molecular weight is 2160 g/mol. The molecular weight excluding hydrogens is 1970 g/mol. The van der Waals surface area contributed by atoms with Gasteiger partial charge in [0.2, 0.25) is 0 Å². The molecule has 0 aliphatic carbocycles. The van der Waals surface area contributed by atoms with Gasteiger partial charge in [0.05, 0.1) is 13.2 Å². The third-order valence-electron chi connectivity index (χ3n) is 29.6. The van der Waals surface area contributed by atoms with Gasteiger partial charge in [0.25, 0.3) is 0 Å². The van der Waals surface area contributed by atoms with E-state index in [0.29, 0.717) is 13.2 Å². The highest BCUT2D eigenvalue weighted by atomic mass is 32.1. The number of hydrogen-bond donors (Lipinski definition) is 0. The first kappa shape index (κ1) is 120. The number of aryl methyl sites for hydroxylation is 8. The molecule has 0 atom stereocenters. The van der Waals surface area contributed by atoms with Gasteiger partial charge in [-0.1, -0.05) is 390 Å². The van der Waals surface area contributed by atoms with Crippen LogP contribution in [0.5, 0.6) is 0 Å². The van der Waals surface area contributed by atoms with Gasteiger partial charge in [0.1, 0.15) is 23.3 Å². The zero-order valence-corrected chi connectivity index (χ0v) is 100. The third-order valence-corrected chi connectivity index (χ3v) is 42.2. The molecule has 0 radical (unpaired) electrons. The summed E-state index contributed by atoms with van der Waals surface area (Å²) < 4.78 is 14.6. The van der Waals surface area contributed by atoms with Crippen LogP contribution in [0.2, 0.25) is 0 Å². The highest BCUT2D eigenvalue weighted by molar-refractivity contribution is 7.32. The fourth-order valence-electron chi connectivity index (χ4n) is 20.9. The molecule has 798 valence electrons. The number of rotatable bonds is 82. The van der Waals surface area contributed by atoms with E-state index in [1.807, 2.05) is 34.8 Å². The summed E-state index contributed by atoms with van der Waals surface area (Å²) in [6.07, 6.45) is 85.3. The highest BCUT2D eigenvalue weighted by Gasteiger charge is 2.31. The Morgan fingerprint density at radius 1 is 0.233 bits per heavy atom. The molecular formula is C130H184N2O4S10. The number of ether oxygens (including phenoxy) is 2. The van der Waals surface area contributed by atoms with Crippen LogP contribution in [0, 0.1) is 22.7 Å². The normalized spacial score (nSPS) is 12.0. The largest absolute Gasteiger partial charge is 0.462 e. The maximum atomic E-state index is 13.8. The smallest absolute Gasteiger partial charge is 0.348 e. The molecule has 1 aromatic carbocycles. The lowest BCUT2D eigenvalue weighted by molar-refractivity contribution is -0.139. The average Bonchev–Trinajstić information content (AvgIpc) is 1.55. The summed E-state index contributed by atoms with van der Waals surface area (Å²) in [5, 5.41) is 24.2. The van der Waals surface area contributed by atoms with Crippen molar-refractivity contribution in [1.82, 2.24) is 0 Å². The monoisotopic (exact) mass is 2160 g/mol.